The van der Waals surface area contributed by atoms with Gasteiger partial charge >= 0.3 is 0 Å². The zero-order valence-electron chi connectivity index (χ0n) is 11.3. The molecule has 1 aromatic rings. The van der Waals surface area contributed by atoms with E-state index in [2.05, 4.69) is 23.7 Å². The SMILES string of the molecule is CCCCCn1c(CCC)nc2c1CCNC2. The van der Waals surface area contributed by atoms with Crippen LogP contribution in [0.3, 0.4) is 0 Å². The van der Waals surface area contributed by atoms with Gasteiger partial charge < -0.3 is 9.88 Å². The summed E-state index contributed by atoms with van der Waals surface area (Å²) in [5.41, 5.74) is 2.81. The van der Waals surface area contributed by atoms with Gasteiger partial charge in [-0.2, -0.15) is 0 Å². The molecule has 0 radical (unpaired) electrons. The summed E-state index contributed by atoms with van der Waals surface area (Å²) in [6.07, 6.45) is 7.39. The minimum absolute atomic E-state index is 0.965. The molecule has 0 aromatic carbocycles. The van der Waals surface area contributed by atoms with Crippen molar-refractivity contribution in [2.24, 2.45) is 0 Å². The molecular formula is C14H25N3. The van der Waals surface area contributed by atoms with Crippen molar-refractivity contribution in [3.63, 3.8) is 0 Å². The Morgan fingerprint density at radius 1 is 1.24 bits per heavy atom. The van der Waals surface area contributed by atoms with Crippen molar-refractivity contribution >= 4 is 0 Å². The summed E-state index contributed by atoms with van der Waals surface area (Å²) in [4.78, 5) is 4.82. The minimum Gasteiger partial charge on any atom is -0.332 e. The third-order valence-corrected chi connectivity index (χ3v) is 3.52. The van der Waals surface area contributed by atoms with Crippen LogP contribution in [0.25, 0.3) is 0 Å². The van der Waals surface area contributed by atoms with E-state index in [0.717, 1.165) is 25.9 Å². The van der Waals surface area contributed by atoms with Crippen LogP contribution in [0.5, 0.6) is 0 Å². The van der Waals surface area contributed by atoms with Crippen LogP contribution >= 0.6 is 0 Å². The Labute approximate surface area is 105 Å². The predicted octanol–water partition coefficient (Wildman–Crippen LogP) is 2.67. The monoisotopic (exact) mass is 235 g/mol. The molecule has 0 atom stereocenters. The number of aryl methyl sites for hydroxylation is 1. The molecule has 1 aromatic heterocycles. The molecule has 1 N–H and O–H groups in total. The van der Waals surface area contributed by atoms with Gasteiger partial charge in [0.25, 0.3) is 0 Å². The lowest BCUT2D eigenvalue weighted by atomic mass is 10.1. The topological polar surface area (TPSA) is 29.9 Å². The van der Waals surface area contributed by atoms with Crippen molar-refractivity contribution in [2.75, 3.05) is 6.54 Å². The number of nitrogens with zero attached hydrogens (tertiary/aromatic N) is 2. The Bertz CT molecular complexity index is 355. The van der Waals surface area contributed by atoms with E-state index in [9.17, 15) is 0 Å². The molecule has 0 bridgehead atoms. The second-order valence-corrected chi connectivity index (χ2v) is 4.96. The van der Waals surface area contributed by atoms with E-state index in [1.54, 1.807) is 0 Å². The lowest BCUT2D eigenvalue weighted by Gasteiger charge is -2.16. The summed E-state index contributed by atoms with van der Waals surface area (Å²) < 4.78 is 2.51. The average molecular weight is 235 g/mol. The molecule has 3 heteroatoms. The molecular weight excluding hydrogens is 210 g/mol. The fraction of sp³-hybridized carbons (Fsp3) is 0.786. The van der Waals surface area contributed by atoms with Crippen LogP contribution in [0, 0.1) is 0 Å². The van der Waals surface area contributed by atoms with Crippen molar-refractivity contribution in [2.45, 2.75) is 65.5 Å². The maximum absolute atomic E-state index is 4.82. The highest BCUT2D eigenvalue weighted by Crippen LogP contribution is 2.18. The van der Waals surface area contributed by atoms with Crippen molar-refractivity contribution in [1.29, 1.82) is 0 Å². The zero-order valence-corrected chi connectivity index (χ0v) is 11.3. The fourth-order valence-electron chi connectivity index (χ4n) is 2.63. The lowest BCUT2D eigenvalue weighted by Crippen LogP contribution is -2.25. The third-order valence-electron chi connectivity index (χ3n) is 3.52. The van der Waals surface area contributed by atoms with Gasteiger partial charge in [-0.3, -0.25) is 0 Å². The first-order chi connectivity index (χ1) is 8.36. The second kappa shape index (κ2) is 6.20. The molecule has 0 amide bonds. The molecule has 96 valence electrons. The Hall–Kier alpha value is -0.830. The standard InChI is InChI=1S/C14H25N3/c1-3-5-6-10-17-13-8-9-15-11-12(13)16-14(17)7-4-2/h15H,3-11H2,1-2H3. The summed E-state index contributed by atoms with van der Waals surface area (Å²) in [6.45, 7) is 7.75. The van der Waals surface area contributed by atoms with E-state index in [1.165, 1.54) is 49.4 Å². The molecule has 2 heterocycles. The number of unbranched alkanes of at least 4 members (excludes halogenated alkanes) is 2. The average Bonchev–Trinajstić information content (AvgIpc) is 2.69. The Morgan fingerprint density at radius 2 is 2.12 bits per heavy atom. The third kappa shape index (κ3) is 2.89. The summed E-state index contributed by atoms with van der Waals surface area (Å²) >= 11 is 0. The Balaban J connectivity index is 2.16. The van der Waals surface area contributed by atoms with Crippen LogP contribution in [-0.2, 0) is 25.9 Å². The minimum atomic E-state index is 0.965. The fourth-order valence-corrected chi connectivity index (χ4v) is 2.63. The quantitative estimate of drug-likeness (QED) is 0.768. The molecule has 1 aliphatic heterocycles. The van der Waals surface area contributed by atoms with Gasteiger partial charge in [-0.1, -0.05) is 26.7 Å². The van der Waals surface area contributed by atoms with Gasteiger partial charge in [0.15, 0.2) is 0 Å². The molecule has 0 saturated carbocycles. The molecule has 17 heavy (non-hydrogen) atoms. The summed E-state index contributed by atoms with van der Waals surface area (Å²) in [5.74, 6) is 1.32. The van der Waals surface area contributed by atoms with Gasteiger partial charge in [0, 0.05) is 38.2 Å². The molecule has 0 unspecified atom stereocenters. The summed E-state index contributed by atoms with van der Waals surface area (Å²) in [6, 6.07) is 0. The summed E-state index contributed by atoms with van der Waals surface area (Å²) in [5, 5.41) is 3.42. The van der Waals surface area contributed by atoms with Crippen LogP contribution in [0.1, 0.15) is 56.7 Å². The highest BCUT2D eigenvalue weighted by molar-refractivity contribution is 5.20. The van der Waals surface area contributed by atoms with E-state index >= 15 is 0 Å². The van der Waals surface area contributed by atoms with E-state index in [1.807, 2.05) is 0 Å². The maximum Gasteiger partial charge on any atom is 0.109 e. The smallest absolute Gasteiger partial charge is 0.109 e. The van der Waals surface area contributed by atoms with E-state index in [-0.39, 0.29) is 0 Å². The first-order valence-electron chi connectivity index (χ1n) is 7.14. The van der Waals surface area contributed by atoms with Crippen molar-refractivity contribution in [3.05, 3.63) is 17.2 Å². The van der Waals surface area contributed by atoms with Crippen LogP contribution in [0.4, 0.5) is 0 Å². The van der Waals surface area contributed by atoms with Gasteiger partial charge in [-0.15, -0.1) is 0 Å². The highest BCUT2D eigenvalue weighted by atomic mass is 15.1. The van der Waals surface area contributed by atoms with Gasteiger partial charge in [-0.05, 0) is 12.8 Å². The Kier molecular flexibility index (Phi) is 4.60. The number of aromatic nitrogens is 2. The van der Waals surface area contributed by atoms with Gasteiger partial charge in [0.2, 0.25) is 0 Å². The number of fused-ring (bicyclic) bond motifs is 1. The number of imidazole rings is 1. The highest BCUT2D eigenvalue weighted by Gasteiger charge is 2.18. The summed E-state index contributed by atoms with van der Waals surface area (Å²) in [7, 11) is 0. The zero-order chi connectivity index (χ0) is 12.1. The van der Waals surface area contributed by atoms with Crippen molar-refractivity contribution in [3.8, 4) is 0 Å². The van der Waals surface area contributed by atoms with E-state index in [4.69, 9.17) is 4.98 Å². The molecule has 0 saturated heterocycles. The number of nitrogens with one attached hydrogen (secondary N) is 1. The van der Waals surface area contributed by atoms with Crippen LogP contribution in [-0.4, -0.2) is 16.1 Å². The lowest BCUT2D eigenvalue weighted by molar-refractivity contribution is 0.541. The van der Waals surface area contributed by atoms with Gasteiger partial charge in [0.1, 0.15) is 5.82 Å². The molecule has 1 aliphatic rings. The molecule has 2 rings (SSSR count). The van der Waals surface area contributed by atoms with Crippen LogP contribution in [0.2, 0.25) is 0 Å². The van der Waals surface area contributed by atoms with E-state index in [0.29, 0.717) is 0 Å². The van der Waals surface area contributed by atoms with Crippen molar-refractivity contribution < 1.29 is 0 Å². The number of rotatable bonds is 6. The normalized spacial score (nSPS) is 14.9. The van der Waals surface area contributed by atoms with Crippen molar-refractivity contribution in [1.82, 2.24) is 14.9 Å². The van der Waals surface area contributed by atoms with Gasteiger partial charge in [0.05, 0.1) is 5.69 Å². The molecule has 0 spiro atoms. The first kappa shape index (κ1) is 12.6. The maximum atomic E-state index is 4.82. The largest absolute Gasteiger partial charge is 0.332 e. The van der Waals surface area contributed by atoms with E-state index < -0.39 is 0 Å². The number of hydrogen-bond donors (Lipinski definition) is 1. The molecule has 0 fully saturated rings. The Morgan fingerprint density at radius 3 is 2.88 bits per heavy atom. The number of hydrogen-bond acceptors (Lipinski definition) is 2. The van der Waals surface area contributed by atoms with Gasteiger partial charge in [-0.25, -0.2) is 4.98 Å². The second-order valence-electron chi connectivity index (χ2n) is 4.96. The molecule has 3 nitrogen and oxygen atoms in total. The predicted molar refractivity (Wildman–Crippen MR) is 71.2 cm³/mol. The van der Waals surface area contributed by atoms with Crippen LogP contribution < -0.4 is 5.32 Å². The van der Waals surface area contributed by atoms with Crippen LogP contribution in [0.15, 0.2) is 0 Å². The molecule has 0 aliphatic carbocycles. The first-order valence-corrected chi connectivity index (χ1v) is 7.14.